The normalized spacial score (nSPS) is 25.6. The molecule has 2 fully saturated rings. The topological polar surface area (TPSA) is 77.8 Å². The predicted molar refractivity (Wildman–Crippen MR) is 89.9 cm³/mol. The summed E-state index contributed by atoms with van der Waals surface area (Å²) in [5.41, 5.74) is 0.774. The molecule has 0 unspecified atom stereocenters. The lowest BCUT2D eigenvalue weighted by Crippen LogP contribution is -2.51. The number of ether oxygens (including phenoxy) is 2. The molecule has 1 atom stereocenters. The van der Waals surface area contributed by atoms with Crippen LogP contribution in [-0.4, -0.2) is 43.2 Å². The van der Waals surface area contributed by atoms with Crippen molar-refractivity contribution in [2.45, 2.75) is 63.5 Å². The van der Waals surface area contributed by atoms with Crippen LogP contribution in [-0.2, 0) is 15.9 Å². The third kappa shape index (κ3) is 3.13. The molecule has 136 valence electrons. The lowest BCUT2D eigenvalue weighted by molar-refractivity contribution is -0.139. The fraction of sp³-hybridized carbons (Fsp3) is 0.684. The van der Waals surface area contributed by atoms with Crippen LogP contribution in [0.25, 0.3) is 0 Å². The maximum atomic E-state index is 12.9. The maximum Gasteiger partial charge on any atom is 0.255 e. The van der Waals surface area contributed by atoms with Gasteiger partial charge in [0.05, 0.1) is 16.7 Å². The molecule has 0 bridgehead atoms. The van der Waals surface area contributed by atoms with E-state index in [9.17, 15) is 9.59 Å². The molecule has 6 nitrogen and oxygen atoms in total. The number of fused-ring (bicyclic) bond motifs is 1. The Hall–Kier alpha value is -1.66. The molecule has 3 aliphatic rings. The van der Waals surface area contributed by atoms with E-state index in [-0.39, 0.29) is 23.3 Å². The van der Waals surface area contributed by atoms with Gasteiger partial charge in [0.15, 0.2) is 5.78 Å². The second-order valence-electron chi connectivity index (χ2n) is 7.42. The molecule has 1 aliphatic carbocycles. The number of hydrogen-bond donors (Lipinski definition) is 1. The van der Waals surface area contributed by atoms with Crippen molar-refractivity contribution in [1.82, 2.24) is 5.32 Å². The van der Waals surface area contributed by atoms with Crippen LogP contribution in [0.4, 0.5) is 0 Å². The van der Waals surface area contributed by atoms with Crippen molar-refractivity contribution in [3.05, 3.63) is 22.6 Å². The third-order valence-corrected chi connectivity index (χ3v) is 5.70. The fourth-order valence-electron chi connectivity index (χ4n) is 4.38. The lowest BCUT2D eigenvalue weighted by atomic mass is 9.84. The summed E-state index contributed by atoms with van der Waals surface area (Å²) in [4.78, 5) is 25.2. The number of ketones is 1. The summed E-state index contributed by atoms with van der Waals surface area (Å²) >= 11 is 0. The van der Waals surface area contributed by atoms with Crippen molar-refractivity contribution in [3.8, 4) is 0 Å². The first kappa shape index (κ1) is 16.8. The van der Waals surface area contributed by atoms with E-state index in [0.29, 0.717) is 48.9 Å². The van der Waals surface area contributed by atoms with E-state index in [2.05, 4.69) is 5.32 Å². The molecule has 3 heterocycles. The van der Waals surface area contributed by atoms with Gasteiger partial charge in [0.1, 0.15) is 11.5 Å². The van der Waals surface area contributed by atoms with Gasteiger partial charge < -0.3 is 19.2 Å². The zero-order valence-corrected chi connectivity index (χ0v) is 14.7. The largest absolute Gasteiger partial charge is 0.465 e. The van der Waals surface area contributed by atoms with Gasteiger partial charge in [0, 0.05) is 38.7 Å². The highest BCUT2D eigenvalue weighted by molar-refractivity contribution is 6.10. The molecule has 25 heavy (non-hydrogen) atoms. The Kier molecular flexibility index (Phi) is 4.41. The predicted octanol–water partition coefficient (Wildman–Crippen LogP) is 2.57. The number of furan rings is 1. The van der Waals surface area contributed by atoms with E-state index in [1.54, 1.807) is 6.92 Å². The Balaban J connectivity index is 1.51. The highest BCUT2D eigenvalue weighted by Crippen LogP contribution is 2.35. The molecule has 1 N–H and O–H groups in total. The van der Waals surface area contributed by atoms with Crippen molar-refractivity contribution >= 4 is 11.7 Å². The molecular weight excluding hydrogens is 322 g/mol. The van der Waals surface area contributed by atoms with E-state index in [1.807, 2.05) is 0 Å². The molecule has 1 spiro atoms. The highest BCUT2D eigenvalue weighted by Gasteiger charge is 2.40. The zero-order chi connectivity index (χ0) is 17.4. The van der Waals surface area contributed by atoms with Gasteiger partial charge in [0.2, 0.25) is 0 Å². The quantitative estimate of drug-likeness (QED) is 0.890. The van der Waals surface area contributed by atoms with Gasteiger partial charge in [-0.2, -0.15) is 0 Å². The summed E-state index contributed by atoms with van der Waals surface area (Å²) in [6.07, 6.45) is 5.36. The van der Waals surface area contributed by atoms with Gasteiger partial charge in [-0.15, -0.1) is 0 Å². The Bertz CT molecular complexity index is 681. The molecule has 1 aromatic heterocycles. The number of nitrogens with one attached hydrogen (secondary N) is 1. The van der Waals surface area contributed by atoms with E-state index in [1.165, 1.54) is 0 Å². The minimum atomic E-state index is -0.188. The zero-order valence-electron chi connectivity index (χ0n) is 14.7. The van der Waals surface area contributed by atoms with Crippen LogP contribution < -0.4 is 5.32 Å². The van der Waals surface area contributed by atoms with Crippen LogP contribution >= 0.6 is 0 Å². The fourth-order valence-corrected chi connectivity index (χ4v) is 4.38. The summed E-state index contributed by atoms with van der Waals surface area (Å²) < 4.78 is 17.2. The summed E-state index contributed by atoms with van der Waals surface area (Å²) in [6, 6.07) is 0.0583. The summed E-state index contributed by atoms with van der Waals surface area (Å²) in [6.45, 7) is 3.84. The van der Waals surface area contributed by atoms with Crippen molar-refractivity contribution in [3.63, 3.8) is 0 Å². The van der Waals surface area contributed by atoms with E-state index >= 15 is 0 Å². The first-order valence-corrected chi connectivity index (χ1v) is 9.26. The molecule has 1 amide bonds. The highest BCUT2D eigenvalue weighted by atomic mass is 16.5. The number of carbonyl (C=O) groups is 2. The smallest absolute Gasteiger partial charge is 0.255 e. The molecule has 1 aromatic rings. The second kappa shape index (κ2) is 6.57. The number of aryl methyl sites for hydroxylation is 2. The SMILES string of the molecule is Cc1oc2c(c1C(=O)N[C@@H]1CCOC3(CCOCC3)C1)C(=O)CCC2. The summed E-state index contributed by atoms with van der Waals surface area (Å²) in [5.74, 6) is 1.06. The number of Topliss-reactive ketones (excluding diaryl/α,β-unsaturated/α-hetero) is 1. The number of carbonyl (C=O) groups excluding carboxylic acids is 2. The standard InChI is InChI=1S/C19H25NO5/c1-12-16(17-14(21)3-2-4-15(17)25-12)18(22)20-13-5-8-24-19(11-13)6-9-23-10-7-19/h13H,2-11H2,1H3,(H,20,22)/t13-/m1/s1. The summed E-state index contributed by atoms with van der Waals surface area (Å²) in [7, 11) is 0. The number of hydrogen-bond acceptors (Lipinski definition) is 5. The Morgan fingerprint density at radius 1 is 1.20 bits per heavy atom. The van der Waals surface area contributed by atoms with Crippen LogP contribution in [0.3, 0.4) is 0 Å². The van der Waals surface area contributed by atoms with Gasteiger partial charge in [0.25, 0.3) is 5.91 Å². The maximum absolute atomic E-state index is 12.9. The molecule has 2 aliphatic heterocycles. The lowest BCUT2D eigenvalue weighted by Gasteiger charge is -2.43. The van der Waals surface area contributed by atoms with Crippen LogP contribution in [0, 0.1) is 6.92 Å². The van der Waals surface area contributed by atoms with E-state index < -0.39 is 0 Å². The minimum Gasteiger partial charge on any atom is -0.465 e. The second-order valence-corrected chi connectivity index (χ2v) is 7.42. The average Bonchev–Trinajstić information content (AvgIpc) is 2.93. The van der Waals surface area contributed by atoms with Crippen LogP contribution in [0.5, 0.6) is 0 Å². The average molecular weight is 347 g/mol. The van der Waals surface area contributed by atoms with Crippen molar-refractivity contribution < 1.29 is 23.5 Å². The van der Waals surface area contributed by atoms with Crippen molar-refractivity contribution in [2.75, 3.05) is 19.8 Å². The molecule has 0 radical (unpaired) electrons. The summed E-state index contributed by atoms with van der Waals surface area (Å²) in [5, 5.41) is 3.13. The van der Waals surface area contributed by atoms with Gasteiger partial charge >= 0.3 is 0 Å². The minimum absolute atomic E-state index is 0.0242. The van der Waals surface area contributed by atoms with E-state index in [4.69, 9.17) is 13.9 Å². The monoisotopic (exact) mass is 347 g/mol. The molecular formula is C19H25NO5. The molecule has 0 aromatic carbocycles. The Morgan fingerprint density at radius 3 is 2.80 bits per heavy atom. The molecule has 0 saturated carbocycles. The molecule has 4 rings (SSSR count). The van der Waals surface area contributed by atoms with Gasteiger partial charge in [-0.25, -0.2) is 0 Å². The number of amides is 1. The van der Waals surface area contributed by atoms with Crippen LogP contribution in [0.2, 0.25) is 0 Å². The van der Waals surface area contributed by atoms with Crippen molar-refractivity contribution in [1.29, 1.82) is 0 Å². The van der Waals surface area contributed by atoms with Gasteiger partial charge in [-0.05, 0) is 39.0 Å². The van der Waals surface area contributed by atoms with E-state index in [0.717, 1.165) is 38.5 Å². The Labute approximate surface area is 147 Å². The Morgan fingerprint density at radius 2 is 2.00 bits per heavy atom. The van der Waals surface area contributed by atoms with Gasteiger partial charge in [-0.1, -0.05) is 0 Å². The molecule has 6 heteroatoms. The van der Waals surface area contributed by atoms with Crippen molar-refractivity contribution in [2.24, 2.45) is 0 Å². The third-order valence-electron chi connectivity index (χ3n) is 5.70. The van der Waals surface area contributed by atoms with Crippen LogP contribution in [0.1, 0.15) is 70.8 Å². The number of rotatable bonds is 2. The van der Waals surface area contributed by atoms with Crippen LogP contribution in [0.15, 0.2) is 4.42 Å². The first-order valence-electron chi connectivity index (χ1n) is 9.26. The molecule has 2 saturated heterocycles. The first-order chi connectivity index (χ1) is 12.1. The van der Waals surface area contributed by atoms with Gasteiger partial charge in [-0.3, -0.25) is 9.59 Å².